The Hall–Kier alpha value is -1.07. The second-order valence-corrected chi connectivity index (χ2v) is 4.18. The standard InChI is InChI=1S/C11H14BrNO3/c1-6-4-7(14)11(16-3)10(12)9(6)8(15)5-13-2/h4,13-14H,5H2,1-3H3. The van der Waals surface area contributed by atoms with Gasteiger partial charge in [0, 0.05) is 5.56 Å². The SMILES string of the molecule is CNCC(=O)c1c(C)cc(O)c(OC)c1Br. The number of ether oxygens (including phenoxy) is 1. The molecule has 0 bridgehead atoms. The van der Waals surface area contributed by atoms with E-state index in [-0.39, 0.29) is 23.8 Å². The van der Waals surface area contributed by atoms with Crippen LogP contribution in [0.5, 0.6) is 11.5 Å². The number of aryl methyl sites for hydroxylation is 1. The van der Waals surface area contributed by atoms with Crippen LogP contribution in [-0.2, 0) is 0 Å². The summed E-state index contributed by atoms with van der Waals surface area (Å²) in [6, 6.07) is 1.52. The summed E-state index contributed by atoms with van der Waals surface area (Å²) in [5.74, 6) is 0.253. The van der Waals surface area contributed by atoms with Gasteiger partial charge < -0.3 is 15.2 Å². The lowest BCUT2D eigenvalue weighted by Gasteiger charge is -2.12. The Labute approximate surface area is 103 Å². The number of rotatable bonds is 4. The van der Waals surface area contributed by atoms with E-state index in [1.165, 1.54) is 13.2 Å². The molecule has 0 saturated carbocycles. The van der Waals surface area contributed by atoms with Crippen molar-refractivity contribution in [1.29, 1.82) is 0 Å². The van der Waals surface area contributed by atoms with Crippen LogP contribution >= 0.6 is 15.9 Å². The van der Waals surface area contributed by atoms with Crippen LogP contribution < -0.4 is 10.1 Å². The molecule has 0 unspecified atom stereocenters. The molecule has 0 aliphatic heterocycles. The van der Waals surface area contributed by atoms with Gasteiger partial charge in [0.1, 0.15) is 0 Å². The highest BCUT2D eigenvalue weighted by Gasteiger charge is 2.19. The molecule has 4 nitrogen and oxygen atoms in total. The van der Waals surface area contributed by atoms with Crippen LogP contribution in [0, 0.1) is 6.92 Å². The van der Waals surface area contributed by atoms with Crippen LogP contribution in [0.1, 0.15) is 15.9 Å². The maximum Gasteiger partial charge on any atom is 0.178 e. The summed E-state index contributed by atoms with van der Waals surface area (Å²) in [6.45, 7) is 2.01. The number of hydrogen-bond donors (Lipinski definition) is 2. The molecule has 1 aromatic carbocycles. The molecule has 0 amide bonds. The molecule has 5 heteroatoms. The molecule has 0 fully saturated rings. The lowest BCUT2D eigenvalue weighted by molar-refractivity contribution is 0.0992. The van der Waals surface area contributed by atoms with Gasteiger partial charge in [-0.15, -0.1) is 0 Å². The first kappa shape index (κ1) is 13.0. The van der Waals surface area contributed by atoms with E-state index < -0.39 is 0 Å². The van der Waals surface area contributed by atoms with Gasteiger partial charge in [0.15, 0.2) is 17.3 Å². The fraction of sp³-hybridized carbons (Fsp3) is 0.364. The monoisotopic (exact) mass is 287 g/mol. The minimum Gasteiger partial charge on any atom is -0.504 e. The van der Waals surface area contributed by atoms with Crippen molar-refractivity contribution in [1.82, 2.24) is 5.32 Å². The maximum atomic E-state index is 11.8. The normalized spacial score (nSPS) is 10.2. The lowest BCUT2D eigenvalue weighted by atomic mass is 10.0. The number of carbonyl (C=O) groups is 1. The summed E-state index contributed by atoms with van der Waals surface area (Å²) in [5.41, 5.74) is 1.24. The summed E-state index contributed by atoms with van der Waals surface area (Å²) in [4.78, 5) is 11.8. The maximum absolute atomic E-state index is 11.8. The third-order valence-electron chi connectivity index (χ3n) is 2.22. The average Bonchev–Trinajstić information content (AvgIpc) is 2.17. The van der Waals surface area contributed by atoms with E-state index in [2.05, 4.69) is 21.2 Å². The number of methoxy groups -OCH3 is 1. The fourth-order valence-corrected chi connectivity index (χ4v) is 2.43. The molecule has 0 radical (unpaired) electrons. The lowest BCUT2D eigenvalue weighted by Crippen LogP contribution is -2.20. The molecule has 0 atom stereocenters. The van der Waals surface area contributed by atoms with E-state index >= 15 is 0 Å². The Kier molecular flexibility index (Phi) is 4.32. The highest BCUT2D eigenvalue weighted by atomic mass is 79.9. The van der Waals surface area contributed by atoms with Crippen molar-refractivity contribution in [3.05, 3.63) is 21.7 Å². The Morgan fingerprint density at radius 1 is 1.62 bits per heavy atom. The molecular formula is C11H14BrNO3. The van der Waals surface area contributed by atoms with Crippen molar-refractivity contribution in [3.63, 3.8) is 0 Å². The third-order valence-corrected chi connectivity index (χ3v) is 2.98. The first-order valence-corrected chi connectivity index (χ1v) is 5.56. The fourth-order valence-electron chi connectivity index (χ4n) is 1.53. The molecule has 16 heavy (non-hydrogen) atoms. The Morgan fingerprint density at radius 3 is 2.75 bits per heavy atom. The number of aromatic hydroxyl groups is 1. The van der Waals surface area contributed by atoms with E-state index in [1.807, 2.05) is 0 Å². The molecule has 88 valence electrons. The Morgan fingerprint density at radius 2 is 2.25 bits per heavy atom. The van der Waals surface area contributed by atoms with E-state index in [9.17, 15) is 9.90 Å². The number of ketones is 1. The molecular weight excluding hydrogens is 274 g/mol. The van der Waals surface area contributed by atoms with Gasteiger partial charge in [-0.25, -0.2) is 0 Å². The Bertz CT molecular complexity index is 418. The highest BCUT2D eigenvalue weighted by molar-refractivity contribution is 9.10. The van der Waals surface area contributed by atoms with Crippen molar-refractivity contribution in [2.75, 3.05) is 20.7 Å². The van der Waals surface area contributed by atoms with E-state index in [1.54, 1.807) is 14.0 Å². The Balaban J connectivity index is 3.33. The number of nitrogens with one attached hydrogen (secondary N) is 1. The number of phenols is 1. The number of benzene rings is 1. The quantitative estimate of drug-likeness (QED) is 0.830. The van der Waals surface area contributed by atoms with Crippen LogP contribution in [-0.4, -0.2) is 31.6 Å². The summed E-state index contributed by atoms with van der Waals surface area (Å²) in [5, 5.41) is 12.4. The third kappa shape index (κ3) is 2.36. The van der Waals surface area contributed by atoms with Gasteiger partial charge in [0.2, 0.25) is 0 Å². The molecule has 0 aromatic heterocycles. The number of carbonyl (C=O) groups excluding carboxylic acids is 1. The minimum absolute atomic E-state index is 0.0212. The zero-order valence-electron chi connectivity index (χ0n) is 9.43. The van der Waals surface area contributed by atoms with E-state index in [0.717, 1.165) is 0 Å². The van der Waals surface area contributed by atoms with Crippen LogP contribution in [0.2, 0.25) is 0 Å². The zero-order valence-corrected chi connectivity index (χ0v) is 11.0. The second-order valence-electron chi connectivity index (χ2n) is 3.39. The molecule has 1 aromatic rings. The first-order valence-electron chi connectivity index (χ1n) is 4.76. The van der Waals surface area contributed by atoms with Crippen molar-refractivity contribution >= 4 is 21.7 Å². The van der Waals surface area contributed by atoms with Crippen LogP contribution in [0.4, 0.5) is 0 Å². The van der Waals surface area contributed by atoms with Crippen LogP contribution in [0.15, 0.2) is 10.5 Å². The molecule has 0 heterocycles. The van der Waals surface area contributed by atoms with Gasteiger partial charge >= 0.3 is 0 Å². The van der Waals surface area contributed by atoms with Crippen LogP contribution in [0.25, 0.3) is 0 Å². The number of Topliss-reactive ketones (excluding diaryl/α,β-unsaturated/α-hetero) is 1. The van der Waals surface area contributed by atoms with Crippen LogP contribution in [0.3, 0.4) is 0 Å². The van der Waals surface area contributed by atoms with Crippen molar-refractivity contribution in [3.8, 4) is 11.5 Å². The molecule has 1 rings (SSSR count). The summed E-state index contributed by atoms with van der Waals surface area (Å²) in [7, 11) is 3.15. The van der Waals surface area contributed by atoms with Crippen molar-refractivity contribution in [2.45, 2.75) is 6.92 Å². The first-order chi connectivity index (χ1) is 7.52. The molecule has 0 saturated heterocycles. The number of likely N-dealkylation sites (N-methyl/N-ethyl adjacent to an activating group) is 1. The molecule has 0 spiro atoms. The average molecular weight is 288 g/mol. The van der Waals surface area contributed by atoms with Gasteiger partial charge in [-0.2, -0.15) is 0 Å². The van der Waals surface area contributed by atoms with E-state index in [0.29, 0.717) is 15.6 Å². The van der Waals surface area contributed by atoms with E-state index in [4.69, 9.17) is 4.74 Å². The summed E-state index contributed by atoms with van der Waals surface area (Å²) < 4.78 is 5.52. The number of hydrogen-bond acceptors (Lipinski definition) is 4. The predicted molar refractivity (Wildman–Crippen MR) is 65.4 cm³/mol. The van der Waals surface area contributed by atoms with Gasteiger partial charge in [-0.3, -0.25) is 4.79 Å². The summed E-state index contributed by atoms with van der Waals surface area (Å²) in [6.07, 6.45) is 0. The minimum atomic E-state index is -0.0508. The number of halogens is 1. The second kappa shape index (κ2) is 5.32. The van der Waals surface area contributed by atoms with Gasteiger partial charge in [-0.05, 0) is 41.5 Å². The topological polar surface area (TPSA) is 58.6 Å². The van der Waals surface area contributed by atoms with Crippen molar-refractivity contribution in [2.24, 2.45) is 0 Å². The predicted octanol–water partition coefficient (Wildman–Crippen LogP) is 1.87. The molecule has 2 N–H and O–H groups in total. The molecule has 0 aliphatic carbocycles. The highest BCUT2D eigenvalue weighted by Crippen LogP contribution is 2.38. The largest absolute Gasteiger partial charge is 0.504 e. The molecule has 0 aliphatic rings. The zero-order chi connectivity index (χ0) is 12.3. The summed E-state index contributed by atoms with van der Waals surface area (Å²) >= 11 is 3.28. The van der Waals surface area contributed by atoms with Gasteiger partial charge in [0.25, 0.3) is 0 Å². The van der Waals surface area contributed by atoms with Crippen molar-refractivity contribution < 1.29 is 14.6 Å². The number of phenolic OH excluding ortho intramolecular Hbond substituents is 1. The van der Waals surface area contributed by atoms with Gasteiger partial charge in [0.05, 0.1) is 18.1 Å². The smallest absolute Gasteiger partial charge is 0.178 e. The van der Waals surface area contributed by atoms with Gasteiger partial charge in [-0.1, -0.05) is 0 Å².